The van der Waals surface area contributed by atoms with Crippen LogP contribution in [0.15, 0.2) is 0 Å². The van der Waals surface area contributed by atoms with Crippen molar-refractivity contribution in [3.8, 4) is 0 Å². The van der Waals surface area contributed by atoms with Crippen LogP contribution in [0.5, 0.6) is 0 Å². The highest BCUT2D eigenvalue weighted by atomic mass is 32.2. The van der Waals surface area contributed by atoms with Gasteiger partial charge >= 0.3 is 5.97 Å². The summed E-state index contributed by atoms with van der Waals surface area (Å²) in [5.41, 5.74) is -1.29. The number of thioether (sulfide) groups is 2. The Labute approximate surface area is 74.6 Å². The molecule has 0 aliphatic heterocycles. The molecule has 0 aromatic rings. The van der Waals surface area contributed by atoms with Gasteiger partial charge in [0.25, 0.3) is 0 Å². The molecule has 66 valence electrons. The van der Waals surface area contributed by atoms with Gasteiger partial charge in [-0.05, 0) is 12.7 Å². The number of carboxylic acid groups (broad SMARTS) is 1. The minimum absolute atomic E-state index is 0.131. The van der Waals surface area contributed by atoms with Crippen molar-refractivity contribution in [1.29, 1.82) is 0 Å². The first-order valence-electron chi connectivity index (χ1n) is 3.25. The van der Waals surface area contributed by atoms with E-state index in [2.05, 4.69) is 0 Å². The Morgan fingerprint density at radius 2 is 2.18 bits per heavy atom. The number of carboxylic acids is 1. The molecular weight excluding hydrogens is 184 g/mol. The highest BCUT2D eigenvalue weighted by molar-refractivity contribution is 8.17. The third-order valence-corrected chi connectivity index (χ3v) is 3.32. The highest BCUT2D eigenvalue weighted by Gasteiger charge is 2.16. The van der Waals surface area contributed by atoms with E-state index in [-0.39, 0.29) is 4.58 Å². The molecule has 0 radical (unpaired) electrons. The van der Waals surface area contributed by atoms with Gasteiger partial charge in [-0.3, -0.25) is 0 Å². The van der Waals surface area contributed by atoms with Crippen LogP contribution < -0.4 is 0 Å². The molecule has 0 aromatic carbocycles. The van der Waals surface area contributed by atoms with E-state index in [1.807, 2.05) is 13.8 Å². The summed E-state index contributed by atoms with van der Waals surface area (Å²) in [5, 5.41) is 17.2. The molecule has 2 N–H and O–H groups in total. The molecule has 0 aliphatic rings. The van der Waals surface area contributed by atoms with Gasteiger partial charge in [0.2, 0.25) is 0 Å². The standard InChI is InChI=1S/C6H12O3S2/c1-3-10-4(2)11-6(9)5(7)8/h4,6,9H,3H2,1-2H3,(H,7,8). The first kappa shape index (κ1) is 11.1. The number of hydrogen-bond acceptors (Lipinski definition) is 4. The van der Waals surface area contributed by atoms with Crippen molar-refractivity contribution in [1.82, 2.24) is 0 Å². The topological polar surface area (TPSA) is 57.5 Å². The minimum Gasteiger partial charge on any atom is -0.479 e. The molecule has 0 aromatic heterocycles. The number of aliphatic carboxylic acids is 1. The maximum Gasteiger partial charge on any atom is 0.343 e. The average Bonchev–Trinajstić information content (AvgIpc) is 1.87. The van der Waals surface area contributed by atoms with Gasteiger partial charge in [-0.2, -0.15) is 0 Å². The maximum absolute atomic E-state index is 10.2. The van der Waals surface area contributed by atoms with Crippen molar-refractivity contribution < 1.29 is 15.0 Å². The van der Waals surface area contributed by atoms with Crippen molar-refractivity contribution in [2.24, 2.45) is 0 Å². The van der Waals surface area contributed by atoms with Crippen LogP contribution in [-0.4, -0.2) is 32.0 Å². The monoisotopic (exact) mass is 196 g/mol. The molecule has 0 saturated carbocycles. The van der Waals surface area contributed by atoms with Crippen LogP contribution in [0, 0.1) is 0 Å². The van der Waals surface area contributed by atoms with E-state index in [1.165, 1.54) is 0 Å². The molecule has 11 heavy (non-hydrogen) atoms. The molecule has 0 bridgehead atoms. The van der Waals surface area contributed by atoms with Gasteiger partial charge in [0.15, 0.2) is 5.44 Å². The lowest BCUT2D eigenvalue weighted by Crippen LogP contribution is -2.17. The van der Waals surface area contributed by atoms with E-state index >= 15 is 0 Å². The van der Waals surface area contributed by atoms with Crippen molar-refractivity contribution in [3.63, 3.8) is 0 Å². The zero-order valence-corrected chi connectivity index (χ0v) is 8.11. The van der Waals surface area contributed by atoms with Gasteiger partial charge in [0, 0.05) is 0 Å². The van der Waals surface area contributed by atoms with Gasteiger partial charge < -0.3 is 10.2 Å². The SMILES string of the molecule is CCSC(C)SC(O)C(=O)O. The van der Waals surface area contributed by atoms with Gasteiger partial charge in [-0.25, -0.2) is 4.79 Å². The smallest absolute Gasteiger partial charge is 0.343 e. The zero-order valence-electron chi connectivity index (χ0n) is 6.48. The largest absolute Gasteiger partial charge is 0.479 e. The average molecular weight is 196 g/mol. The Morgan fingerprint density at radius 3 is 2.55 bits per heavy atom. The molecule has 2 unspecified atom stereocenters. The molecule has 0 rings (SSSR count). The Kier molecular flexibility index (Phi) is 5.81. The van der Waals surface area contributed by atoms with Gasteiger partial charge in [-0.1, -0.05) is 6.92 Å². The first-order valence-corrected chi connectivity index (χ1v) is 5.25. The molecule has 0 aliphatic carbocycles. The van der Waals surface area contributed by atoms with Crippen LogP contribution in [0.25, 0.3) is 0 Å². The van der Waals surface area contributed by atoms with E-state index < -0.39 is 11.4 Å². The molecule has 2 atom stereocenters. The summed E-state index contributed by atoms with van der Waals surface area (Å²) in [6.07, 6.45) is 0. The number of hydrogen-bond donors (Lipinski definition) is 2. The second-order valence-corrected chi connectivity index (χ2v) is 5.19. The highest BCUT2D eigenvalue weighted by Crippen LogP contribution is 2.25. The summed E-state index contributed by atoms with van der Waals surface area (Å²) in [5.74, 6) is -0.237. The first-order chi connectivity index (χ1) is 5.07. The van der Waals surface area contributed by atoms with Crippen molar-refractivity contribution in [2.45, 2.75) is 23.9 Å². The third-order valence-electron chi connectivity index (χ3n) is 0.933. The van der Waals surface area contributed by atoms with Crippen LogP contribution in [0.3, 0.4) is 0 Å². The predicted octanol–water partition coefficient (Wildman–Crippen LogP) is 1.22. The fraction of sp³-hybridized carbons (Fsp3) is 0.833. The zero-order chi connectivity index (χ0) is 8.85. The van der Waals surface area contributed by atoms with Gasteiger partial charge in [0.05, 0.1) is 4.58 Å². The van der Waals surface area contributed by atoms with Crippen LogP contribution in [0.2, 0.25) is 0 Å². The fourth-order valence-corrected chi connectivity index (χ4v) is 2.50. The van der Waals surface area contributed by atoms with E-state index in [4.69, 9.17) is 10.2 Å². The molecule has 3 nitrogen and oxygen atoms in total. The summed E-state index contributed by atoms with van der Waals surface area (Å²) in [7, 11) is 0. The summed E-state index contributed by atoms with van der Waals surface area (Å²) >= 11 is 2.67. The van der Waals surface area contributed by atoms with Crippen LogP contribution in [0.4, 0.5) is 0 Å². The molecule has 0 fully saturated rings. The van der Waals surface area contributed by atoms with Crippen LogP contribution in [0.1, 0.15) is 13.8 Å². The lowest BCUT2D eigenvalue weighted by molar-refractivity contribution is -0.141. The molecule has 5 heteroatoms. The summed E-state index contributed by atoms with van der Waals surface area (Å²) in [6, 6.07) is 0. The Hall–Kier alpha value is 0.130. The number of rotatable bonds is 5. The summed E-state index contributed by atoms with van der Waals surface area (Å²) in [6.45, 7) is 3.87. The van der Waals surface area contributed by atoms with Gasteiger partial charge in [0.1, 0.15) is 0 Å². The quantitative estimate of drug-likeness (QED) is 0.647. The second-order valence-electron chi connectivity index (χ2n) is 1.85. The van der Waals surface area contributed by atoms with E-state index in [1.54, 1.807) is 11.8 Å². The third kappa shape index (κ3) is 5.41. The Balaban J connectivity index is 3.56. The molecule has 0 spiro atoms. The van der Waals surface area contributed by atoms with Crippen molar-refractivity contribution in [3.05, 3.63) is 0 Å². The van der Waals surface area contributed by atoms with E-state index in [0.29, 0.717) is 0 Å². The van der Waals surface area contributed by atoms with E-state index in [9.17, 15) is 4.79 Å². The lowest BCUT2D eigenvalue weighted by atomic mass is 10.7. The number of carbonyl (C=O) groups is 1. The summed E-state index contributed by atoms with van der Waals surface area (Å²) < 4.78 is 0.131. The Bertz CT molecular complexity index is 129. The lowest BCUT2D eigenvalue weighted by Gasteiger charge is -2.10. The molecule has 0 saturated heterocycles. The molecule has 0 amide bonds. The minimum atomic E-state index is -1.29. The second kappa shape index (κ2) is 5.74. The molecule has 0 heterocycles. The number of aliphatic hydroxyl groups excluding tert-OH is 1. The van der Waals surface area contributed by atoms with Gasteiger partial charge in [-0.15, -0.1) is 23.5 Å². The van der Waals surface area contributed by atoms with Crippen LogP contribution >= 0.6 is 23.5 Å². The van der Waals surface area contributed by atoms with Crippen LogP contribution in [-0.2, 0) is 4.79 Å². The summed E-state index contributed by atoms with van der Waals surface area (Å²) in [4.78, 5) is 10.2. The van der Waals surface area contributed by atoms with Crippen molar-refractivity contribution >= 4 is 29.5 Å². The van der Waals surface area contributed by atoms with Crippen molar-refractivity contribution in [2.75, 3.05) is 5.75 Å². The normalized spacial score (nSPS) is 15.9. The predicted molar refractivity (Wildman–Crippen MR) is 48.8 cm³/mol. The number of aliphatic hydroxyl groups is 1. The van der Waals surface area contributed by atoms with E-state index in [0.717, 1.165) is 17.5 Å². The Morgan fingerprint density at radius 1 is 1.64 bits per heavy atom. The maximum atomic E-state index is 10.2. The molecular formula is C6H12O3S2. The fourth-order valence-electron chi connectivity index (χ4n) is 0.514.